The van der Waals surface area contributed by atoms with Crippen LogP contribution in [0.2, 0.25) is 0 Å². The third-order valence-electron chi connectivity index (χ3n) is 6.48. The van der Waals surface area contributed by atoms with Crippen molar-refractivity contribution in [3.05, 3.63) is 0 Å². The van der Waals surface area contributed by atoms with Gasteiger partial charge in [0.2, 0.25) is 5.91 Å². The second kappa shape index (κ2) is 3.74. The molecule has 100 valence electrons. The molecule has 0 N–H and O–H groups in total. The highest BCUT2D eigenvalue weighted by Gasteiger charge is 2.61. The van der Waals surface area contributed by atoms with E-state index in [0.29, 0.717) is 22.8 Å². The fourth-order valence-corrected chi connectivity index (χ4v) is 5.08. The molecule has 2 spiro atoms. The SMILES string of the molecule is O=C(C1CC12CCCCC2)N1CCCC12CCC2. The van der Waals surface area contributed by atoms with E-state index in [2.05, 4.69) is 4.90 Å². The van der Waals surface area contributed by atoms with Gasteiger partial charge >= 0.3 is 0 Å². The van der Waals surface area contributed by atoms with E-state index in [1.807, 2.05) is 0 Å². The molecule has 0 radical (unpaired) electrons. The minimum atomic E-state index is 0.343. The number of carbonyl (C=O) groups excluding carboxylic acids is 1. The van der Waals surface area contributed by atoms with Crippen LogP contribution in [0.15, 0.2) is 0 Å². The number of hydrogen-bond donors (Lipinski definition) is 0. The smallest absolute Gasteiger partial charge is 0.226 e. The molecule has 1 atom stereocenters. The second-order valence-corrected chi connectivity index (χ2v) is 7.35. The molecule has 2 nitrogen and oxygen atoms in total. The molecular formula is C16H25NO. The summed E-state index contributed by atoms with van der Waals surface area (Å²) in [6.45, 7) is 1.06. The molecule has 0 aromatic carbocycles. The summed E-state index contributed by atoms with van der Waals surface area (Å²) in [6.07, 6.45) is 14.5. The molecule has 0 bridgehead atoms. The van der Waals surface area contributed by atoms with E-state index >= 15 is 0 Å². The Balaban J connectivity index is 1.48. The maximum Gasteiger partial charge on any atom is 0.226 e. The molecule has 1 saturated heterocycles. The van der Waals surface area contributed by atoms with Crippen molar-refractivity contribution in [1.82, 2.24) is 4.90 Å². The topological polar surface area (TPSA) is 20.3 Å². The maximum absolute atomic E-state index is 12.8. The highest BCUT2D eigenvalue weighted by Crippen LogP contribution is 2.63. The molecule has 0 aromatic heterocycles. The fraction of sp³-hybridized carbons (Fsp3) is 0.938. The number of nitrogens with zero attached hydrogens (tertiary/aromatic N) is 1. The number of likely N-dealkylation sites (tertiary alicyclic amines) is 1. The van der Waals surface area contributed by atoms with Crippen molar-refractivity contribution >= 4 is 5.91 Å². The summed E-state index contributed by atoms with van der Waals surface area (Å²) in [5.41, 5.74) is 0.818. The zero-order chi connectivity index (χ0) is 12.2. The Labute approximate surface area is 110 Å². The van der Waals surface area contributed by atoms with E-state index in [1.165, 1.54) is 70.6 Å². The number of amides is 1. The first-order chi connectivity index (χ1) is 8.76. The van der Waals surface area contributed by atoms with Gasteiger partial charge in [-0.1, -0.05) is 19.3 Å². The molecule has 3 saturated carbocycles. The quantitative estimate of drug-likeness (QED) is 0.694. The van der Waals surface area contributed by atoms with Crippen LogP contribution in [0.4, 0.5) is 0 Å². The van der Waals surface area contributed by atoms with E-state index in [0.717, 1.165) is 6.54 Å². The molecule has 1 aliphatic heterocycles. The number of hydrogen-bond acceptors (Lipinski definition) is 1. The average molecular weight is 247 g/mol. The highest BCUT2D eigenvalue weighted by atomic mass is 16.2. The predicted octanol–water partition coefficient (Wildman–Crippen LogP) is 3.50. The third-order valence-corrected chi connectivity index (χ3v) is 6.48. The van der Waals surface area contributed by atoms with E-state index in [-0.39, 0.29) is 0 Å². The van der Waals surface area contributed by atoms with Crippen LogP contribution in [0, 0.1) is 11.3 Å². The van der Waals surface area contributed by atoms with Gasteiger partial charge in [-0.15, -0.1) is 0 Å². The van der Waals surface area contributed by atoms with E-state index in [4.69, 9.17) is 0 Å². The van der Waals surface area contributed by atoms with E-state index in [9.17, 15) is 4.79 Å². The Bertz CT molecular complexity index is 365. The zero-order valence-corrected chi connectivity index (χ0v) is 11.4. The van der Waals surface area contributed by atoms with Crippen molar-refractivity contribution < 1.29 is 4.79 Å². The molecule has 2 heteroatoms. The van der Waals surface area contributed by atoms with Crippen LogP contribution in [0.25, 0.3) is 0 Å². The molecule has 0 aromatic rings. The fourth-order valence-electron chi connectivity index (χ4n) is 5.08. The van der Waals surface area contributed by atoms with Gasteiger partial charge < -0.3 is 4.90 Å². The van der Waals surface area contributed by atoms with E-state index < -0.39 is 0 Å². The molecule has 4 fully saturated rings. The predicted molar refractivity (Wildman–Crippen MR) is 71.2 cm³/mol. The summed E-state index contributed by atoms with van der Waals surface area (Å²) in [6, 6.07) is 0. The summed E-state index contributed by atoms with van der Waals surface area (Å²) in [7, 11) is 0. The van der Waals surface area contributed by atoms with Crippen LogP contribution in [-0.4, -0.2) is 22.9 Å². The summed E-state index contributed by atoms with van der Waals surface area (Å²) in [4.78, 5) is 15.1. The molecule has 4 rings (SSSR count). The first-order valence-corrected chi connectivity index (χ1v) is 8.07. The van der Waals surface area contributed by atoms with Gasteiger partial charge in [-0.3, -0.25) is 4.79 Å². The summed E-state index contributed by atoms with van der Waals surface area (Å²) in [5.74, 6) is 0.975. The Morgan fingerprint density at radius 2 is 1.61 bits per heavy atom. The van der Waals surface area contributed by atoms with Crippen LogP contribution >= 0.6 is 0 Å². The average Bonchev–Trinajstić information content (AvgIpc) is 2.87. The van der Waals surface area contributed by atoms with Crippen molar-refractivity contribution in [1.29, 1.82) is 0 Å². The van der Waals surface area contributed by atoms with Crippen molar-refractivity contribution in [2.45, 2.75) is 76.2 Å². The lowest BCUT2D eigenvalue weighted by Gasteiger charge is -2.46. The monoisotopic (exact) mass is 247 g/mol. The third kappa shape index (κ3) is 1.44. The van der Waals surface area contributed by atoms with Gasteiger partial charge in [-0.05, 0) is 56.8 Å². The van der Waals surface area contributed by atoms with Crippen LogP contribution < -0.4 is 0 Å². The van der Waals surface area contributed by atoms with Crippen molar-refractivity contribution in [2.75, 3.05) is 6.54 Å². The summed E-state index contributed by atoms with van der Waals surface area (Å²) in [5, 5.41) is 0. The summed E-state index contributed by atoms with van der Waals surface area (Å²) < 4.78 is 0. The lowest BCUT2D eigenvalue weighted by molar-refractivity contribution is -0.140. The Morgan fingerprint density at radius 1 is 0.889 bits per heavy atom. The van der Waals surface area contributed by atoms with E-state index in [1.54, 1.807) is 0 Å². The molecule has 18 heavy (non-hydrogen) atoms. The lowest BCUT2D eigenvalue weighted by Crippen LogP contribution is -2.52. The number of rotatable bonds is 1. The standard InChI is InChI=1S/C16H25NO/c18-14(13-12-15(13)6-2-1-3-7-15)17-11-5-10-16(17)8-4-9-16/h13H,1-12H2. The largest absolute Gasteiger partial charge is 0.337 e. The Kier molecular flexibility index (Phi) is 2.35. The van der Waals surface area contributed by atoms with Gasteiger partial charge in [0.15, 0.2) is 0 Å². The van der Waals surface area contributed by atoms with Crippen molar-refractivity contribution in [3.63, 3.8) is 0 Å². The van der Waals surface area contributed by atoms with Gasteiger partial charge in [0, 0.05) is 18.0 Å². The molecule has 1 heterocycles. The van der Waals surface area contributed by atoms with Crippen LogP contribution in [-0.2, 0) is 4.79 Å². The molecule has 4 aliphatic rings. The maximum atomic E-state index is 12.8. The van der Waals surface area contributed by atoms with Crippen molar-refractivity contribution in [2.24, 2.45) is 11.3 Å². The normalized spacial score (nSPS) is 35.8. The molecular weight excluding hydrogens is 222 g/mol. The molecule has 3 aliphatic carbocycles. The molecule has 1 amide bonds. The van der Waals surface area contributed by atoms with Gasteiger partial charge in [0.1, 0.15) is 0 Å². The number of carbonyl (C=O) groups is 1. The minimum absolute atomic E-state index is 0.343. The second-order valence-electron chi connectivity index (χ2n) is 7.35. The minimum Gasteiger partial charge on any atom is -0.337 e. The van der Waals surface area contributed by atoms with Gasteiger partial charge in [0.25, 0.3) is 0 Å². The van der Waals surface area contributed by atoms with Gasteiger partial charge in [0.05, 0.1) is 0 Å². The molecule has 1 unspecified atom stereocenters. The highest BCUT2D eigenvalue weighted by molar-refractivity contribution is 5.84. The van der Waals surface area contributed by atoms with Crippen LogP contribution in [0.1, 0.15) is 70.6 Å². The first-order valence-electron chi connectivity index (χ1n) is 8.07. The Morgan fingerprint density at radius 3 is 2.28 bits per heavy atom. The van der Waals surface area contributed by atoms with Crippen molar-refractivity contribution in [3.8, 4) is 0 Å². The first kappa shape index (κ1) is 11.3. The Hall–Kier alpha value is -0.530. The van der Waals surface area contributed by atoms with Crippen LogP contribution in [0.3, 0.4) is 0 Å². The van der Waals surface area contributed by atoms with Crippen LogP contribution in [0.5, 0.6) is 0 Å². The zero-order valence-electron chi connectivity index (χ0n) is 11.4. The summed E-state index contributed by atoms with van der Waals surface area (Å²) >= 11 is 0. The lowest BCUT2D eigenvalue weighted by atomic mass is 9.74. The van der Waals surface area contributed by atoms with Gasteiger partial charge in [-0.2, -0.15) is 0 Å². The van der Waals surface area contributed by atoms with Gasteiger partial charge in [-0.25, -0.2) is 0 Å².